The maximum absolute atomic E-state index is 7.62. The van der Waals surface area contributed by atoms with E-state index in [1.165, 1.54) is 0 Å². The summed E-state index contributed by atoms with van der Waals surface area (Å²) in [6, 6.07) is 0. The van der Waals surface area contributed by atoms with Gasteiger partial charge in [-0.15, -0.1) is 0 Å². The van der Waals surface area contributed by atoms with E-state index in [9.17, 15) is 0 Å². The highest BCUT2D eigenvalue weighted by Gasteiger charge is 1.60. The summed E-state index contributed by atoms with van der Waals surface area (Å²) in [6.07, 6.45) is 0. The van der Waals surface area contributed by atoms with Crippen LogP contribution in [-0.4, -0.2) is 20.2 Å². The highest BCUT2D eigenvalue weighted by molar-refractivity contribution is 6.87. The second-order valence-corrected chi connectivity index (χ2v) is 0.512. The molecular formula is H5B2NO. The Balaban J connectivity index is 1.97. The maximum atomic E-state index is 7.62. The molecule has 0 bridgehead atoms. The van der Waals surface area contributed by atoms with E-state index in [0.717, 1.165) is 0 Å². The van der Waals surface area contributed by atoms with E-state index in [4.69, 9.17) is 5.21 Å². The molecule has 0 saturated heterocycles. The van der Waals surface area contributed by atoms with Crippen LogP contribution in [0.1, 0.15) is 0 Å². The fourth-order valence-corrected chi connectivity index (χ4v) is 0. The Labute approximate surface area is 26.8 Å². The van der Waals surface area contributed by atoms with Crippen molar-refractivity contribution in [1.29, 1.82) is 0 Å². The third kappa shape index (κ3) is 2.05. The Morgan fingerprint density at radius 2 is 2.25 bits per heavy atom. The van der Waals surface area contributed by atoms with Crippen molar-refractivity contribution < 1.29 is 5.21 Å². The second-order valence-electron chi connectivity index (χ2n) is 0.512. The molecule has 0 aliphatic rings. The first-order chi connectivity index (χ1) is 1.91. The molecule has 0 amide bonds. The summed E-state index contributed by atoms with van der Waals surface area (Å²) in [6.45, 7) is 0. The standard InChI is InChI=1S/B2H5NO/c1-2-3-4/h2-4H,1H2. The second kappa shape index (κ2) is 3.05. The molecule has 0 rings (SSSR count). The van der Waals surface area contributed by atoms with Crippen molar-refractivity contribution in [2.45, 2.75) is 0 Å². The lowest BCUT2D eigenvalue weighted by molar-refractivity contribution is 0.248. The molecule has 0 atom stereocenters. The summed E-state index contributed by atoms with van der Waals surface area (Å²) in [5.74, 6) is 0. The van der Waals surface area contributed by atoms with Gasteiger partial charge in [-0.3, -0.25) is 5.39 Å². The van der Waals surface area contributed by atoms with Gasteiger partial charge in [0.05, 0.1) is 7.74 Å². The summed E-state index contributed by atoms with van der Waals surface area (Å²) in [5.41, 5.74) is 0. The molecule has 2 N–H and O–H groups in total. The number of nitrogens with one attached hydrogen (secondary N) is 1. The van der Waals surface area contributed by atoms with Crippen LogP contribution in [0.2, 0.25) is 0 Å². The van der Waals surface area contributed by atoms with Gasteiger partial charge >= 0.3 is 0 Å². The topological polar surface area (TPSA) is 32.3 Å². The molecule has 0 unspecified atom stereocenters. The van der Waals surface area contributed by atoms with Crippen LogP contribution in [0.3, 0.4) is 0 Å². The van der Waals surface area contributed by atoms with Crippen molar-refractivity contribution in [3.8, 4) is 0 Å². The van der Waals surface area contributed by atoms with Crippen molar-refractivity contribution in [2.75, 3.05) is 0 Å². The lowest BCUT2D eigenvalue weighted by Crippen LogP contribution is -2.12. The zero-order chi connectivity index (χ0) is 3.41. The molecule has 0 aromatic heterocycles. The number of hydrogen-bond donors (Lipinski definition) is 2. The van der Waals surface area contributed by atoms with Gasteiger partial charge < -0.3 is 5.21 Å². The van der Waals surface area contributed by atoms with Gasteiger partial charge in [0, 0.05) is 0 Å². The normalized spacial score (nSPS) is 6.25. The third-order valence-corrected chi connectivity index (χ3v) is 0.158. The largest absolute Gasteiger partial charge is 0.330 e. The van der Waals surface area contributed by atoms with Crippen LogP contribution < -0.4 is 5.39 Å². The Morgan fingerprint density at radius 1 is 2.00 bits per heavy atom. The van der Waals surface area contributed by atoms with E-state index in [1.807, 2.05) is 13.1 Å². The molecule has 0 fully saturated rings. The molecule has 4 heavy (non-hydrogen) atoms. The molecule has 0 radical (unpaired) electrons. The minimum Gasteiger partial charge on any atom is -0.330 e. The molecule has 0 saturated carbocycles. The molecule has 4 heteroatoms. The third-order valence-electron chi connectivity index (χ3n) is 0.158. The van der Waals surface area contributed by atoms with Crippen molar-refractivity contribution in [3.05, 3.63) is 0 Å². The smallest absolute Gasteiger partial charge is 0.192 e. The lowest BCUT2D eigenvalue weighted by atomic mass is 9.68. The number of rotatable bonds is 1. The minimum absolute atomic E-state index is 0.625. The van der Waals surface area contributed by atoms with Crippen LogP contribution >= 0.6 is 0 Å². The summed E-state index contributed by atoms with van der Waals surface area (Å²) >= 11 is 0. The van der Waals surface area contributed by atoms with Crippen LogP contribution in [-0.2, 0) is 0 Å². The zero-order valence-electron chi connectivity index (χ0n) is 2.65. The van der Waals surface area contributed by atoms with E-state index < -0.39 is 0 Å². The monoisotopic (exact) mass is 57.1 g/mol. The molecular weight excluding hydrogens is 51.6 g/mol. The minimum atomic E-state index is 0.625. The van der Waals surface area contributed by atoms with Crippen LogP contribution in [0.4, 0.5) is 0 Å². The number of hydrogen-bond acceptors (Lipinski definition) is 2. The van der Waals surface area contributed by atoms with Crippen molar-refractivity contribution in [2.24, 2.45) is 0 Å². The molecule has 0 aliphatic carbocycles. The van der Waals surface area contributed by atoms with Gasteiger partial charge in [0.1, 0.15) is 0 Å². The van der Waals surface area contributed by atoms with E-state index in [-0.39, 0.29) is 0 Å². The first-order valence-corrected chi connectivity index (χ1v) is 1.28. The average Bonchev–Trinajstić information content (AvgIpc) is 1.37. The van der Waals surface area contributed by atoms with E-state index in [0.29, 0.717) is 7.31 Å². The highest BCUT2D eigenvalue weighted by atomic mass is 16.4. The van der Waals surface area contributed by atoms with Gasteiger partial charge in [-0.2, -0.15) is 0 Å². The van der Waals surface area contributed by atoms with Gasteiger partial charge in [-0.05, 0) is 0 Å². The fraction of sp³-hybridized carbons (Fsp3) is 0. The summed E-state index contributed by atoms with van der Waals surface area (Å²) in [4.78, 5) is 0. The van der Waals surface area contributed by atoms with Crippen molar-refractivity contribution >= 4 is 15.0 Å². The highest BCUT2D eigenvalue weighted by Crippen LogP contribution is 1.14. The van der Waals surface area contributed by atoms with E-state index in [1.54, 1.807) is 0 Å². The van der Waals surface area contributed by atoms with E-state index >= 15 is 0 Å². The summed E-state index contributed by atoms with van der Waals surface area (Å²) in [5, 5.41) is 9.56. The van der Waals surface area contributed by atoms with Crippen molar-refractivity contribution in [1.82, 2.24) is 5.39 Å². The van der Waals surface area contributed by atoms with Crippen LogP contribution in [0.25, 0.3) is 0 Å². The quantitative estimate of drug-likeness (QED) is 0.266. The Hall–Kier alpha value is 0.0499. The predicted molar refractivity (Wildman–Crippen MR) is 20.6 cm³/mol. The molecule has 0 aliphatic heterocycles. The Morgan fingerprint density at radius 3 is 2.25 bits per heavy atom. The molecule has 0 aromatic carbocycles. The zero-order valence-corrected chi connectivity index (χ0v) is 2.65. The Bertz CT molecular complexity index is 8.00. The van der Waals surface area contributed by atoms with Gasteiger partial charge in [0.25, 0.3) is 0 Å². The summed E-state index contributed by atoms with van der Waals surface area (Å²) < 4.78 is 0. The molecule has 0 aromatic rings. The van der Waals surface area contributed by atoms with Gasteiger partial charge in [-0.1, -0.05) is 0 Å². The van der Waals surface area contributed by atoms with Gasteiger partial charge in [0.15, 0.2) is 7.31 Å². The molecule has 22 valence electrons. The lowest BCUT2D eigenvalue weighted by Gasteiger charge is -1.72. The fourth-order valence-electron chi connectivity index (χ4n) is 0. The molecule has 0 spiro atoms. The maximum Gasteiger partial charge on any atom is 0.192 e. The van der Waals surface area contributed by atoms with Crippen LogP contribution in [0, 0.1) is 0 Å². The predicted octanol–water partition coefficient (Wildman–Crippen LogP) is -2.14. The van der Waals surface area contributed by atoms with Crippen LogP contribution in [0.5, 0.6) is 0 Å². The Kier molecular flexibility index (Phi) is 3.09. The first-order valence-electron chi connectivity index (χ1n) is 1.28. The molecule has 0 heterocycles. The van der Waals surface area contributed by atoms with Gasteiger partial charge in [0.2, 0.25) is 0 Å². The average molecular weight is 56.7 g/mol. The van der Waals surface area contributed by atoms with E-state index in [2.05, 4.69) is 0 Å². The summed E-state index contributed by atoms with van der Waals surface area (Å²) in [7, 11) is 2.44. The first kappa shape index (κ1) is 4.05. The van der Waals surface area contributed by atoms with Gasteiger partial charge in [-0.25, -0.2) is 0 Å². The SMILES string of the molecule is BBNO. The van der Waals surface area contributed by atoms with Crippen LogP contribution in [0.15, 0.2) is 0 Å². The van der Waals surface area contributed by atoms with Crippen molar-refractivity contribution in [3.63, 3.8) is 0 Å². The molecule has 2 nitrogen and oxygen atoms in total.